The number of benzene rings is 2. The van der Waals surface area contributed by atoms with Gasteiger partial charge in [0.15, 0.2) is 20.8 Å². The van der Waals surface area contributed by atoms with Crippen molar-refractivity contribution in [1.82, 2.24) is 9.88 Å². The summed E-state index contributed by atoms with van der Waals surface area (Å²) in [6.07, 6.45) is 1.09. The van der Waals surface area contributed by atoms with Crippen LogP contribution in [0.5, 0.6) is 0 Å². The quantitative estimate of drug-likeness (QED) is 0.456. The Morgan fingerprint density at radius 1 is 1.06 bits per heavy atom. The molecule has 6 nitrogen and oxygen atoms in total. The van der Waals surface area contributed by atoms with Crippen molar-refractivity contribution in [3.8, 4) is 0 Å². The van der Waals surface area contributed by atoms with Crippen LogP contribution >= 0.6 is 23.7 Å². The Kier molecular flexibility index (Phi) is 8.69. The van der Waals surface area contributed by atoms with E-state index in [1.165, 1.54) is 35.2 Å². The van der Waals surface area contributed by atoms with Crippen LogP contribution in [0.25, 0.3) is 10.2 Å². The van der Waals surface area contributed by atoms with E-state index in [0.717, 1.165) is 36.7 Å². The monoisotopic (exact) mass is 503 g/mol. The summed E-state index contributed by atoms with van der Waals surface area (Å²) < 4.78 is 51.5. The summed E-state index contributed by atoms with van der Waals surface area (Å²) in [5, 5.41) is 0.254. The van der Waals surface area contributed by atoms with E-state index in [0.29, 0.717) is 11.2 Å². The molecule has 3 rings (SSSR count). The van der Waals surface area contributed by atoms with Gasteiger partial charge in [-0.2, -0.15) is 0 Å². The second kappa shape index (κ2) is 10.7. The fraction of sp³-hybridized carbons (Fsp3) is 0.333. The van der Waals surface area contributed by atoms with Gasteiger partial charge < -0.3 is 4.90 Å². The van der Waals surface area contributed by atoms with Gasteiger partial charge in [-0.1, -0.05) is 25.2 Å². The van der Waals surface area contributed by atoms with Crippen molar-refractivity contribution in [2.75, 3.05) is 37.3 Å². The Labute approximate surface area is 196 Å². The van der Waals surface area contributed by atoms with Gasteiger partial charge >= 0.3 is 0 Å². The minimum absolute atomic E-state index is 0. The van der Waals surface area contributed by atoms with Gasteiger partial charge in [0.05, 0.1) is 9.60 Å². The number of likely N-dealkylation sites (N-methyl/N-ethyl adjacent to an activating group) is 1. The molecule has 0 aliphatic carbocycles. The van der Waals surface area contributed by atoms with E-state index in [1.807, 2.05) is 13.8 Å². The van der Waals surface area contributed by atoms with E-state index in [2.05, 4.69) is 9.88 Å². The molecule has 0 aliphatic rings. The third-order valence-corrected chi connectivity index (χ3v) is 7.10. The molecule has 0 atom stereocenters. The highest BCUT2D eigenvalue weighted by Crippen LogP contribution is 2.32. The number of rotatable bonds is 8. The molecule has 0 bridgehead atoms. The standard InChI is InChI=1S/C21H23F2N3O3S2.ClH/c1-4-25(5-2)10-11-26(20(27)14-6-8-16(9-7-14)31(3,28)29)21-24-19-17(23)12-15(22)13-18(19)30-21;/h6-9,12-13H,4-5,10-11H2,1-3H3;1H. The minimum Gasteiger partial charge on any atom is -0.302 e. The Morgan fingerprint density at radius 3 is 2.25 bits per heavy atom. The fourth-order valence-electron chi connectivity index (χ4n) is 3.13. The number of aromatic nitrogens is 1. The second-order valence-electron chi connectivity index (χ2n) is 7.01. The molecule has 3 aromatic rings. The predicted molar refractivity (Wildman–Crippen MR) is 126 cm³/mol. The number of carbonyl (C=O) groups is 1. The molecule has 0 saturated carbocycles. The number of halogens is 3. The molecule has 32 heavy (non-hydrogen) atoms. The first-order chi connectivity index (χ1) is 14.6. The molecule has 0 unspecified atom stereocenters. The molecule has 11 heteroatoms. The zero-order valence-electron chi connectivity index (χ0n) is 17.8. The minimum atomic E-state index is -3.39. The summed E-state index contributed by atoms with van der Waals surface area (Å²) in [6, 6.07) is 7.58. The second-order valence-corrected chi connectivity index (χ2v) is 10.0. The zero-order chi connectivity index (χ0) is 22.8. The number of hydrogen-bond acceptors (Lipinski definition) is 6. The van der Waals surface area contributed by atoms with Crippen LogP contribution in [0.15, 0.2) is 41.3 Å². The number of hydrogen-bond donors (Lipinski definition) is 0. The van der Waals surface area contributed by atoms with E-state index in [1.54, 1.807) is 0 Å². The molecule has 174 valence electrons. The fourth-order valence-corrected chi connectivity index (χ4v) is 4.79. The van der Waals surface area contributed by atoms with Crippen molar-refractivity contribution in [3.63, 3.8) is 0 Å². The number of amides is 1. The van der Waals surface area contributed by atoms with Crippen molar-refractivity contribution < 1.29 is 22.0 Å². The van der Waals surface area contributed by atoms with Crippen molar-refractivity contribution in [2.45, 2.75) is 18.7 Å². The van der Waals surface area contributed by atoms with E-state index < -0.39 is 27.4 Å². The van der Waals surface area contributed by atoms with Gasteiger partial charge in [0.1, 0.15) is 11.3 Å². The number of anilines is 1. The van der Waals surface area contributed by atoms with E-state index >= 15 is 0 Å². The lowest BCUT2D eigenvalue weighted by Gasteiger charge is -2.24. The molecule has 1 aromatic heterocycles. The van der Waals surface area contributed by atoms with Crippen LogP contribution in [0.4, 0.5) is 13.9 Å². The molecule has 0 N–H and O–H groups in total. The Balaban J connectivity index is 0.00000363. The van der Waals surface area contributed by atoms with Crippen molar-refractivity contribution >= 4 is 54.8 Å². The highest BCUT2D eigenvalue weighted by atomic mass is 35.5. The van der Waals surface area contributed by atoms with Gasteiger partial charge in [-0.3, -0.25) is 9.69 Å². The van der Waals surface area contributed by atoms with Crippen molar-refractivity contribution in [2.24, 2.45) is 0 Å². The zero-order valence-corrected chi connectivity index (χ0v) is 20.3. The summed E-state index contributed by atoms with van der Waals surface area (Å²) >= 11 is 1.03. The van der Waals surface area contributed by atoms with Gasteiger partial charge in [-0.05, 0) is 43.4 Å². The van der Waals surface area contributed by atoms with Crippen LogP contribution in [0.2, 0.25) is 0 Å². The van der Waals surface area contributed by atoms with Crippen LogP contribution in [-0.4, -0.2) is 56.6 Å². The van der Waals surface area contributed by atoms with E-state index in [9.17, 15) is 22.0 Å². The molecule has 0 saturated heterocycles. The molecule has 0 fully saturated rings. The lowest BCUT2D eigenvalue weighted by molar-refractivity contribution is 0.0983. The van der Waals surface area contributed by atoms with Gasteiger partial charge in [0, 0.05) is 31.0 Å². The maximum absolute atomic E-state index is 14.2. The Bertz CT molecular complexity index is 1200. The maximum Gasteiger partial charge on any atom is 0.260 e. The number of carbonyl (C=O) groups excluding carboxylic acids is 1. The van der Waals surface area contributed by atoms with Crippen molar-refractivity contribution in [1.29, 1.82) is 0 Å². The third-order valence-electron chi connectivity index (χ3n) is 4.94. The molecule has 1 heterocycles. The summed E-state index contributed by atoms with van der Waals surface area (Å²) in [7, 11) is -3.39. The highest BCUT2D eigenvalue weighted by molar-refractivity contribution is 7.90. The SMILES string of the molecule is CCN(CC)CCN(C(=O)c1ccc(S(C)(=O)=O)cc1)c1nc2c(F)cc(F)cc2s1.Cl. The number of nitrogens with zero attached hydrogens (tertiary/aromatic N) is 3. The van der Waals surface area contributed by atoms with Gasteiger partial charge in [0.25, 0.3) is 5.91 Å². The third kappa shape index (κ3) is 5.80. The normalized spacial score (nSPS) is 11.6. The summed E-state index contributed by atoms with van der Waals surface area (Å²) in [6.45, 7) is 6.46. The Hall–Kier alpha value is -2.14. The summed E-state index contributed by atoms with van der Waals surface area (Å²) in [5.74, 6) is -1.89. The van der Waals surface area contributed by atoms with Gasteiger partial charge in [-0.25, -0.2) is 22.2 Å². The van der Waals surface area contributed by atoms with Crippen molar-refractivity contribution in [3.05, 3.63) is 53.6 Å². The van der Waals surface area contributed by atoms with Crippen LogP contribution in [0, 0.1) is 11.6 Å². The first-order valence-electron chi connectivity index (χ1n) is 9.74. The topological polar surface area (TPSA) is 70.6 Å². The van der Waals surface area contributed by atoms with Crippen LogP contribution < -0.4 is 4.90 Å². The highest BCUT2D eigenvalue weighted by Gasteiger charge is 2.23. The summed E-state index contributed by atoms with van der Waals surface area (Å²) in [5.41, 5.74) is 0.285. The molecule has 2 aromatic carbocycles. The first-order valence-corrected chi connectivity index (χ1v) is 12.4. The average molecular weight is 504 g/mol. The van der Waals surface area contributed by atoms with Crippen LogP contribution in [0.3, 0.4) is 0 Å². The lowest BCUT2D eigenvalue weighted by atomic mass is 10.2. The first kappa shape index (κ1) is 26.1. The molecule has 1 amide bonds. The van der Waals surface area contributed by atoms with Gasteiger partial charge in [-0.15, -0.1) is 12.4 Å². The molecule has 0 aliphatic heterocycles. The van der Waals surface area contributed by atoms with Crippen LogP contribution in [-0.2, 0) is 9.84 Å². The molecule has 0 spiro atoms. The largest absolute Gasteiger partial charge is 0.302 e. The van der Waals surface area contributed by atoms with Gasteiger partial charge in [0.2, 0.25) is 0 Å². The Morgan fingerprint density at radius 2 is 1.69 bits per heavy atom. The van der Waals surface area contributed by atoms with Crippen LogP contribution in [0.1, 0.15) is 24.2 Å². The number of thiazole rings is 1. The molecule has 0 radical (unpaired) electrons. The molecular formula is C21H24ClF2N3O3S2. The van der Waals surface area contributed by atoms with E-state index in [4.69, 9.17) is 0 Å². The predicted octanol–water partition coefficient (Wildman–Crippen LogP) is 4.39. The van der Waals surface area contributed by atoms with E-state index in [-0.39, 0.29) is 40.1 Å². The summed E-state index contributed by atoms with van der Waals surface area (Å²) in [4.78, 5) is 21.2. The maximum atomic E-state index is 14.2. The average Bonchev–Trinajstić information content (AvgIpc) is 3.14. The smallest absolute Gasteiger partial charge is 0.260 e. The number of fused-ring (bicyclic) bond motifs is 1. The number of sulfone groups is 1. The lowest BCUT2D eigenvalue weighted by Crippen LogP contribution is -2.38. The molecular weight excluding hydrogens is 480 g/mol.